The van der Waals surface area contributed by atoms with Crippen LogP contribution in [0.2, 0.25) is 0 Å². The second-order valence-corrected chi connectivity index (χ2v) is 3.19. The van der Waals surface area contributed by atoms with Gasteiger partial charge >= 0.3 is 0 Å². The topological polar surface area (TPSA) is 68.2 Å². The van der Waals surface area contributed by atoms with Gasteiger partial charge in [-0.15, -0.1) is 23.2 Å². The molecule has 0 amide bonds. The van der Waals surface area contributed by atoms with E-state index in [2.05, 4.69) is 0 Å². The van der Waals surface area contributed by atoms with Gasteiger partial charge in [0.25, 0.3) is 0 Å². The van der Waals surface area contributed by atoms with Gasteiger partial charge in [-0.3, -0.25) is 0 Å². The summed E-state index contributed by atoms with van der Waals surface area (Å²) in [5.74, 6) is 0. The smallest absolute Gasteiger partial charge is 0.0967 e. The van der Waals surface area contributed by atoms with Crippen LogP contribution in [0.25, 0.3) is 0 Å². The molecule has 0 aromatic rings. The standard InChI is InChI=1S/C8H18O5.CH2Cl2/c9-1-3-11-5-7-13-8-6-12-4-2-10;2-1-3/h9-10H,1-8H2;1H2. The van der Waals surface area contributed by atoms with Crippen LogP contribution in [0.5, 0.6) is 0 Å². The van der Waals surface area contributed by atoms with Gasteiger partial charge in [-0.25, -0.2) is 0 Å². The molecule has 0 atom stereocenters. The van der Waals surface area contributed by atoms with Gasteiger partial charge in [0.2, 0.25) is 0 Å². The first-order chi connectivity index (χ1) is 7.83. The molecule has 0 aliphatic carbocycles. The number of rotatable bonds is 10. The Balaban J connectivity index is 0. The summed E-state index contributed by atoms with van der Waals surface area (Å²) < 4.78 is 15.0. The molecule has 100 valence electrons. The van der Waals surface area contributed by atoms with E-state index in [9.17, 15) is 0 Å². The zero-order chi connectivity index (χ0) is 12.5. The van der Waals surface area contributed by atoms with Crippen molar-refractivity contribution in [3.05, 3.63) is 0 Å². The Bertz CT molecular complexity index is 97.9. The molecule has 16 heavy (non-hydrogen) atoms. The molecule has 0 bridgehead atoms. The third kappa shape index (κ3) is 23.9. The van der Waals surface area contributed by atoms with Crippen molar-refractivity contribution in [1.29, 1.82) is 0 Å². The number of aliphatic hydroxyl groups is 2. The van der Waals surface area contributed by atoms with E-state index in [0.717, 1.165) is 0 Å². The summed E-state index contributed by atoms with van der Waals surface area (Å²) in [6.45, 7) is 2.76. The maximum Gasteiger partial charge on any atom is 0.0967 e. The van der Waals surface area contributed by atoms with Crippen molar-refractivity contribution in [3.63, 3.8) is 0 Å². The first-order valence-corrected chi connectivity index (χ1v) is 5.97. The summed E-state index contributed by atoms with van der Waals surface area (Å²) in [4.78, 5) is 0. The first-order valence-electron chi connectivity index (χ1n) is 4.90. The van der Waals surface area contributed by atoms with Crippen molar-refractivity contribution >= 4 is 23.2 Å². The molecule has 5 nitrogen and oxygen atoms in total. The largest absolute Gasteiger partial charge is 0.394 e. The van der Waals surface area contributed by atoms with E-state index in [1.54, 1.807) is 0 Å². The van der Waals surface area contributed by atoms with Crippen LogP contribution in [0.15, 0.2) is 0 Å². The molecule has 0 aromatic heterocycles. The van der Waals surface area contributed by atoms with Crippen LogP contribution in [0.4, 0.5) is 0 Å². The zero-order valence-corrected chi connectivity index (χ0v) is 10.8. The minimum Gasteiger partial charge on any atom is -0.394 e. The average molecular weight is 279 g/mol. The average Bonchev–Trinajstić information content (AvgIpc) is 2.28. The lowest BCUT2D eigenvalue weighted by atomic mass is 10.7. The number of hydrogen-bond donors (Lipinski definition) is 2. The van der Waals surface area contributed by atoms with Crippen LogP contribution < -0.4 is 0 Å². The third-order valence-electron chi connectivity index (χ3n) is 1.22. The second-order valence-electron chi connectivity index (χ2n) is 2.39. The first kappa shape index (κ1) is 18.7. The molecule has 0 aromatic carbocycles. The summed E-state index contributed by atoms with van der Waals surface area (Å²) >= 11 is 9.53. The van der Waals surface area contributed by atoms with E-state index in [1.165, 1.54) is 0 Å². The molecule has 0 saturated heterocycles. The summed E-state index contributed by atoms with van der Waals surface area (Å²) in [5, 5.41) is 16.9. The number of hydrogen-bond acceptors (Lipinski definition) is 5. The molecular weight excluding hydrogens is 259 g/mol. The predicted molar refractivity (Wildman–Crippen MR) is 63.2 cm³/mol. The fourth-order valence-electron chi connectivity index (χ4n) is 0.671. The van der Waals surface area contributed by atoms with Gasteiger partial charge < -0.3 is 24.4 Å². The van der Waals surface area contributed by atoms with Crippen molar-refractivity contribution < 1.29 is 24.4 Å². The lowest BCUT2D eigenvalue weighted by molar-refractivity contribution is 0.00230. The second kappa shape index (κ2) is 20.8. The highest BCUT2D eigenvalue weighted by Crippen LogP contribution is 1.80. The molecule has 0 rings (SSSR count). The molecular formula is C9H20Cl2O5. The van der Waals surface area contributed by atoms with E-state index < -0.39 is 0 Å². The van der Waals surface area contributed by atoms with E-state index >= 15 is 0 Å². The highest BCUT2D eigenvalue weighted by Gasteiger charge is 1.89. The van der Waals surface area contributed by atoms with E-state index in [0.29, 0.717) is 39.6 Å². The normalized spacial score (nSPS) is 9.75. The Hall–Kier alpha value is 0.380. The molecule has 0 heterocycles. The van der Waals surface area contributed by atoms with Crippen molar-refractivity contribution in [3.8, 4) is 0 Å². The van der Waals surface area contributed by atoms with Crippen LogP contribution >= 0.6 is 23.2 Å². The van der Waals surface area contributed by atoms with Crippen LogP contribution in [0.3, 0.4) is 0 Å². The van der Waals surface area contributed by atoms with Crippen LogP contribution in [0, 0.1) is 0 Å². The Morgan fingerprint density at radius 2 is 0.875 bits per heavy atom. The van der Waals surface area contributed by atoms with Crippen LogP contribution in [-0.2, 0) is 14.2 Å². The molecule has 7 heteroatoms. The van der Waals surface area contributed by atoms with E-state index in [1.807, 2.05) is 0 Å². The number of ether oxygens (including phenoxy) is 3. The minimum absolute atomic E-state index is 0.0413. The molecule has 0 aliphatic rings. The van der Waals surface area contributed by atoms with Crippen LogP contribution in [0.1, 0.15) is 0 Å². The fourth-order valence-corrected chi connectivity index (χ4v) is 0.671. The molecule has 0 radical (unpaired) electrons. The van der Waals surface area contributed by atoms with Gasteiger partial charge in [0.1, 0.15) is 0 Å². The quantitative estimate of drug-likeness (QED) is 0.449. The van der Waals surface area contributed by atoms with Crippen LogP contribution in [-0.4, -0.2) is 68.4 Å². The van der Waals surface area contributed by atoms with Gasteiger partial charge in [-0.05, 0) is 0 Å². The van der Waals surface area contributed by atoms with Gasteiger partial charge in [0.15, 0.2) is 0 Å². The lowest BCUT2D eigenvalue weighted by Gasteiger charge is -2.04. The van der Waals surface area contributed by atoms with Crippen molar-refractivity contribution in [2.24, 2.45) is 0 Å². The molecule has 0 fully saturated rings. The third-order valence-corrected chi connectivity index (χ3v) is 1.22. The summed E-state index contributed by atoms with van der Waals surface area (Å²) in [7, 11) is 0. The van der Waals surface area contributed by atoms with Gasteiger partial charge in [0, 0.05) is 0 Å². The van der Waals surface area contributed by atoms with Crippen molar-refractivity contribution in [2.75, 3.05) is 58.2 Å². The highest BCUT2D eigenvalue weighted by atomic mass is 35.5. The molecule has 0 aliphatic heterocycles. The number of alkyl halides is 2. The van der Waals surface area contributed by atoms with Gasteiger partial charge in [-0.1, -0.05) is 0 Å². The minimum atomic E-state index is 0.0413. The Morgan fingerprint density at radius 3 is 1.12 bits per heavy atom. The summed E-state index contributed by atoms with van der Waals surface area (Å²) in [6.07, 6.45) is 0. The van der Waals surface area contributed by atoms with Gasteiger partial charge in [0.05, 0.1) is 58.2 Å². The fraction of sp³-hybridized carbons (Fsp3) is 1.00. The van der Waals surface area contributed by atoms with Gasteiger partial charge in [-0.2, -0.15) is 0 Å². The molecule has 0 spiro atoms. The zero-order valence-electron chi connectivity index (χ0n) is 9.24. The monoisotopic (exact) mass is 278 g/mol. The highest BCUT2D eigenvalue weighted by molar-refractivity contribution is 6.40. The SMILES string of the molecule is ClCCl.OCCOCCOCCOCCO. The summed E-state index contributed by atoms with van der Waals surface area (Å²) in [6, 6.07) is 0. The molecule has 0 saturated carbocycles. The number of halogens is 2. The Labute approximate surface area is 106 Å². The lowest BCUT2D eigenvalue weighted by Crippen LogP contribution is -2.11. The maximum atomic E-state index is 8.36. The Kier molecular flexibility index (Phi) is 24.3. The molecule has 2 N–H and O–H groups in total. The van der Waals surface area contributed by atoms with E-state index in [-0.39, 0.29) is 18.6 Å². The van der Waals surface area contributed by atoms with Crippen molar-refractivity contribution in [1.82, 2.24) is 0 Å². The predicted octanol–water partition coefficient (Wildman–Crippen LogP) is 0.442. The summed E-state index contributed by atoms with van der Waals surface area (Å²) in [5.41, 5.74) is 0. The maximum absolute atomic E-state index is 8.36. The molecule has 0 unspecified atom stereocenters. The Morgan fingerprint density at radius 1 is 0.625 bits per heavy atom. The number of aliphatic hydroxyl groups excluding tert-OH is 2. The van der Waals surface area contributed by atoms with Crippen molar-refractivity contribution in [2.45, 2.75) is 0 Å². The van der Waals surface area contributed by atoms with E-state index in [4.69, 9.17) is 47.6 Å².